The first kappa shape index (κ1) is 29.2. The fourth-order valence-electron chi connectivity index (χ4n) is 9.11. The van der Waals surface area contributed by atoms with Gasteiger partial charge in [-0.3, -0.25) is 0 Å². The van der Waals surface area contributed by atoms with Gasteiger partial charge in [-0.25, -0.2) is 0 Å². The third-order valence-electron chi connectivity index (χ3n) is 11.7. The number of nitrogens with zero attached hydrogens (tertiary/aromatic N) is 1. The monoisotopic (exact) mass is 733 g/mol. The van der Waals surface area contributed by atoms with Crippen LogP contribution in [0.15, 0.2) is 205 Å². The van der Waals surface area contributed by atoms with Gasteiger partial charge in [-0.2, -0.15) is 0 Å². The zero-order chi connectivity index (χ0) is 41.6. The molecule has 0 saturated carbocycles. The summed E-state index contributed by atoms with van der Waals surface area (Å²) in [6, 6.07) is 58.9. The van der Waals surface area contributed by atoms with Crippen molar-refractivity contribution in [1.82, 2.24) is 0 Å². The van der Waals surface area contributed by atoms with Gasteiger partial charge in [0, 0.05) is 38.5 Å². The lowest BCUT2D eigenvalue weighted by Gasteiger charge is -2.29. The van der Waals surface area contributed by atoms with Crippen LogP contribution in [-0.4, -0.2) is 0 Å². The van der Waals surface area contributed by atoms with Gasteiger partial charge in [0.05, 0.1) is 11.2 Å². The maximum atomic E-state index is 9.64. The molecule has 11 rings (SSSR count). The second-order valence-corrected chi connectivity index (χ2v) is 15.3. The first-order valence-electron chi connectivity index (χ1n) is 21.4. The Morgan fingerprint density at radius 2 is 1.12 bits per heavy atom. The van der Waals surface area contributed by atoms with Crippen LogP contribution < -0.4 is 4.90 Å². The van der Waals surface area contributed by atoms with Crippen LogP contribution in [-0.2, 0) is 5.41 Å². The Bertz CT molecular complexity index is 3360. The van der Waals surface area contributed by atoms with E-state index in [4.69, 9.17) is 4.42 Å². The summed E-state index contributed by atoms with van der Waals surface area (Å²) in [5, 5.41) is 4.09. The topological polar surface area (TPSA) is 16.4 Å². The van der Waals surface area contributed by atoms with Crippen LogP contribution in [0, 0.1) is 0 Å². The fraction of sp³-hybridized carbons (Fsp3) is 0.0545. The largest absolute Gasteiger partial charge is 0.455 e. The van der Waals surface area contributed by atoms with Crippen LogP contribution in [0.4, 0.5) is 17.1 Å². The van der Waals surface area contributed by atoms with Crippen molar-refractivity contribution in [3.05, 3.63) is 211 Å². The van der Waals surface area contributed by atoms with Crippen LogP contribution in [0.2, 0.25) is 0 Å². The van der Waals surface area contributed by atoms with Gasteiger partial charge < -0.3 is 9.32 Å². The molecule has 0 spiro atoms. The molecule has 0 saturated heterocycles. The van der Waals surface area contributed by atoms with Gasteiger partial charge in [0.1, 0.15) is 11.2 Å². The van der Waals surface area contributed by atoms with E-state index in [0.29, 0.717) is 16.9 Å². The summed E-state index contributed by atoms with van der Waals surface area (Å²) in [6.07, 6.45) is 0. The number of para-hydroxylation sites is 1. The molecule has 57 heavy (non-hydrogen) atoms. The molecule has 10 aromatic rings. The maximum absolute atomic E-state index is 9.64. The molecule has 0 N–H and O–H groups in total. The van der Waals surface area contributed by atoms with E-state index < -0.39 is 0 Å². The van der Waals surface area contributed by atoms with Crippen molar-refractivity contribution >= 4 is 49.8 Å². The summed E-state index contributed by atoms with van der Waals surface area (Å²) in [6.45, 7) is 4.59. The summed E-state index contributed by atoms with van der Waals surface area (Å²) in [5.74, 6) is 0. The van der Waals surface area contributed by atoms with Gasteiger partial charge in [0.15, 0.2) is 0 Å². The smallest absolute Gasteiger partial charge is 0.143 e. The molecule has 0 bridgehead atoms. The number of hydrogen-bond acceptors (Lipinski definition) is 2. The maximum Gasteiger partial charge on any atom is 0.143 e. The van der Waals surface area contributed by atoms with Crippen molar-refractivity contribution in [2.75, 3.05) is 4.90 Å². The van der Waals surface area contributed by atoms with E-state index in [2.05, 4.69) is 105 Å². The van der Waals surface area contributed by atoms with Crippen molar-refractivity contribution in [2.45, 2.75) is 19.3 Å². The van der Waals surface area contributed by atoms with Gasteiger partial charge >= 0.3 is 0 Å². The van der Waals surface area contributed by atoms with Crippen molar-refractivity contribution in [3.8, 4) is 44.5 Å². The molecule has 0 fully saturated rings. The van der Waals surface area contributed by atoms with Crippen molar-refractivity contribution in [2.24, 2.45) is 0 Å². The Morgan fingerprint density at radius 1 is 0.456 bits per heavy atom. The highest BCUT2D eigenvalue weighted by Crippen LogP contribution is 2.52. The van der Waals surface area contributed by atoms with Crippen molar-refractivity contribution < 1.29 is 9.90 Å². The Labute approximate surface area is 338 Å². The fourth-order valence-corrected chi connectivity index (χ4v) is 9.11. The predicted molar refractivity (Wildman–Crippen MR) is 240 cm³/mol. The Hall–Kier alpha value is -7.16. The van der Waals surface area contributed by atoms with Crippen molar-refractivity contribution in [1.29, 1.82) is 0 Å². The minimum atomic E-state index is -0.202. The normalized spacial score (nSPS) is 13.9. The average molecular weight is 734 g/mol. The highest BCUT2D eigenvalue weighted by Gasteiger charge is 2.37. The molecule has 1 aromatic heterocycles. The van der Waals surface area contributed by atoms with E-state index in [1.807, 2.05) is 89.8 Å². The molecule has 270 valence electrons. The van der Waals surface area contributed by atoms with E-state index >= 15 is 0 Å². The zero-order valence-electron chi connectivity index (χ0n) is 35.6. The Kier molecular flexibility index (Phi) is 6.64. The van der Waals surface area contributed by atoms with Crippen LogP contribution in [0.5, 0.6) is 0 Å². The van der Waals surface area contributed by atoms with Gasteiger partial charge in [-0.15, -0.1) is 0 Å². The van der Waals surface area contributed by atoms with Gasteiger partial charge in [-0.05, 0) is 97.9 Å². The summed E-state index contributed by atoms with van der Waals surface area (Å²) in [4.78, 5) is 1.90. The Balaban J connectivity index is 1.14. The van der Waals surface area contributed by atoms with Crippen molar-refractivity contribution in [3.63, 3.8) is 0 Å². The number of fused-ring (bicyclic) bond motifs is 8. The van der Waals surface area contributed by atoms with Crippen LogP contribution >= 0.6 is 0 Å². The molecule has 1 heterocycles. The second kappa shape index (κ2) is 13.0. The molecule has 9 aromatic carbocycles. The molecular weight excluding hydrogens is 691 g/mol. The molecule has 0 radical (unpaired) electrons. The lowest BCUT2D eigenvalue weighted by atomic mass is 9.79. The molecule has 2 nitrogen and oxygen atoms in total. The third-order valence-corrected chi connectivity index (χ3v) is 11.7. The molecule has 2 heteroatoms. The van der Waals surface area contributed by atoms with Gasteiger partial charge in [0.2, 0.25) is 0 Å². The number of anilines is 3. The minimum Gasteiger partial charge on any atom is -0.455 e. The quantitative estimate of drug-likeness (QED) is 0.169. The Morgan fingerprint density at radius 3 is 1.96 bits per heavy atom. The van der Waals surface area contributed by atoms with E-state index in [9.17, 15) is 5.48 Å². The molecule has 0 atom stereocenters. The first-order valence-corrected chi connectivity index (χ1v) is 19.4. The molecule has 0 amide bonds. The highest BCUT2D eigenvalue weighted by atomic mass is 16.3. The standard InChI is InChI=1S/C55H39NO/c1-55(2)49-23-10-8-18-44(49)47-22-12-20-42(53(47)55)39-28-33-41(34-29-39)56(40-31-26-37(27-32-40)36-14-4-3-5-15-36)50-24-11-9-19-45(50)46-21-13-25-51-52(46)48-35-30-38-16-6-7-17-43(38)54(48)57-51/h3-35H,1-2H3/i26D,27D,31D,32D. The summed E-state index contributed by atoms with van der Waals surface area (Å²) < 4.78 is 44.6. The van der Waals surface area contributed by atoms with Gasteiger partial charge in [0.25, 0.3) is 0 Å². The summed E-state index contributed by atoms with van der Waals surface area (Å²) >= 11 is 0. The van der Waals surface area contributed by atoms with Crippen LogP contribution in [0.3, 0.4) is 0 Å². The lowest BCUT2D eigenvalue weighted by Crippen LogP contribution is -2.16. The zero-order valence-corrected chi connectivity index (χ0v) is 31.6. The second-order valence-electron chi connectivity index (χ2n) is 15.3. The summed E-state index contributed by atoms with van der Waals surface area (Å²) in [5.41, 5.74) is 13.0. The van der Waals surface area contributed by atoms with Gasteiger partial charge in [-0.1, -0.05) is 172 Å². The molecular formula is C55H39NO. The number of benzene rings is 9. The minimum absolute atomic E-state index is 0.0993. The van der Waals surface area contributed by atoms with E-state index in [-0.39, 0.29) is 40.8 Å². The SMILES string of the molecule is [2H]c1c([2H])c(N(c2ccc(-c3cccc4c3C(C)(C)c3ccccc3-4)cc2)c2ccccc2-c2cccc3oc4c5ccccc5ccc4c23)c([2H])c([2H])c1-c1ccccc1. The molecule has 0 unspecified atom stereocenters. The van der Waals surface area contributed by atoms with Crippen LogP contribution in [0.1, 0.15) is 30.5 Å². The third kappa shape index (κ3) is 5.25. The van der Waals surface area contributed by atoms with E-state index in [0.717, 1.165) is 55.0 Å². The van der Waals surface area contributed by atoms with Crippen LogP contribution in [0.25, 0.3) is 77.2 Å². The molecule has 1 aliphatic carbocycles. The number of hydrogen-bond donors (Lipinski definition) is 0. The van der Waals surface area contributed by atoms with E-state index in [1.54, 1.807) is 0 Å². The number of rotatable bonds is 6. The highest BCUT2D eigenvalue weighted by molar-refractivity contribution is 6.19. The molecule has 0 aliphatic heterocycles. The predicted octanol–water partition coefficient (Wildman–Crippen LogP) is 15.5. The van der Waals surface area contributed by atoms with E-state index in [1.165, 1.54) is 22.3 Å². The number of furan rings is 1. The molecule has 1 aliphatic rings. The lowest BCUT2D eigenvalue weighted by molar-refractivity contribution is 0.662. The first-order chi connectivity index (χ1) is 29.7. The average Bonchev–Trinajstić information content (AvgIpc) is 3.80. The summed E-state index contributed by atoms with van der Waals surface area (Å²) in [7, 11) is 0.